The van der Waals surface area contributed by atoms with Gasteiger partial charge >= 0.3 is 6.09 Å². The number of β-amino-alcohol motifs (C(OH)–C–C–N with tert-alkyl or cyclic N) is 1. The van der Waals surface area contributed by atoms with E-state index in [2.05, 4.69) is 0 Å². The highest BCUT2D eigenvalue weighted by atomic mass is 16.6. The first-order valence-corrected chi connectivity index (χ1v) is 5.64. The van der Waals surface area contributed by atoms with Gasteiger partial charge in [0.25, 0.3) is 0 Å². The summed E-state index contributed by atoms with van der Waals surface area (Å²) in [6.45, 7) is 4.50. The average Bonchev–Trinajstić information content (AvgIpc) is 2.54. The zero-order valence-electron chi connectivity index (χ0n) is 10.5. The Kier molecular flexibility index (Phi) is 4.01. The molecule has 0 saturated carbocycles. The summed E-state index contributed by atoms with van der Waals surface area (Å²) >= 11 is 0. The Hall–Kier alpha value is -0.850. The van der Waals surface area contributed by atoms with Crippen molar-refractivity contribution < 1.29 is 24.9 Å². The van der Waals surface area contributed by atoms with Gasteiger partial charge in [-0.15, -0.1) is 0 Å². The number of amides is 1. The first-order chi connectivity index (χ1) is 7.71. The van der Waals surface area contributed by atoms with Crippen molar-refractivity contribution in [1.29, 1.82) is 0 Å². The summed E-state index contributed by atoms with van der Waals surface area (Å²) in [5.74, 6) is 0. The van der Waals surface area contributed by atoms with Crippen molar-refractivity contribution >= 4 is 6.09 Å². The van der Waals surface area contributed by atoms with Crippen molar-refractivity contribution in [3.05, 3.63) is 0 Å². The molecule has 3 N–H and O–H groups in total. The molecule has 1 unspecified atom stereocenters. The predicted molar refractivity (Wildman–Crippen MR) is 60.5 cm³/mol. The molecule has 0 aromatic rings. The maximum Gasteiger partial charge on any atom is 0.410 e. The molecule has 0 radical (unpaired) electrons. The third kappa shape index (κ3) is 3.55. The number of likely N-dealkylation sites (tertiary alicyclic amines) is 1. The van der Waals surface area contributed by atoms with Crippen LogP contribution in [0.4, 0.5) is 4.79 Å². The molecule has 2 atom stereocenters. The summed E-state index contributed by atoms with van der Waals surface area (Å²) in [4.78, 5) is 13.1. The zero-order valence-corrected chi connectivity index (χ0v) is 10.5. The Balaban J connectivity index is 2.73. The van der Waals surface area contributed by atoms with Crippen molar-refractivity contribution in [1.82, 2.24) is 4.90 Å². The van der Waals surface area contributed by atoms with Gasteiger partial charge in [-0.05, 0) is 20.8 Å². The number of nitrogens with zero attached hydrogens (tertiary/aromatic N) is 1. The number of aliphatic hydroxyl groups excluding tert-OH is 2. The zero-order chi connectivity index (χ0) is 13.3. The Bertz CT molecular complexity index is 288. The minimum absolute atomic E-state index is 0.0242. The van der Waals surface area contributed by atoms with Gasteiger partial charge in [0.15, 0.2) is 0 Å². The topological polar surface area (TPSA) is 90.2 Å². The third-order valence-electron chi connectivity index (χ3n) is 2.65. The normalized spacial score (nSPS) is 29.5. The van der Waals surface area contributed by atoms with E-state index in [9.17, 15) is 9.90 Å². The van der Waals surface area contributed by atoms with Crippen LogP contribution in [0.1, 0.15) is 27.2 Å². The molecule has 0 aromatic heterocycles. The Morgan fingerprint density at radius 3 is 2.47 bits per heavy atom. The van der Waals surface area contributed by atoms with Crippen LogP contribution in [0.3, 0.4) is 0 Å². The smallest absolute Gasteiger partial charge is 0.410 e. The van der Waals surface area contributed by atoms with Crippen LogP contribution in [-0.2, 0) is 4.74 Å². The molecular weight excluding hydrogens is 226 g/mol. The number of aliphatic hydroxyl groups is 3. The van der Waals surface area contributed by atoms with Crippen molar-refractivity contribution in [3.8, 4) is 0 Å². The number of carbonyl (C=O) groups excluding carboxylic acids is 1. The summed E-state index contributed by atoms with van der Waals surface area (Å²) in [6.07, 6.45) is -0.430. The summed E-state index contributed by atoms with van der Waals surface area (Å²) in [5, 5.41) is 28.1. The molecule has 1 rings (SSSR count). The third-order valence-corrected chi connectivity index (χ3v) is 2.65. The highest BCUT2D eigenvalue weighted by Gasteiger charge is 2.45. The quantitative estimate of drug-likeness (QED) is 0.624. The molecule has 1 aliphatic rings. The first kappa shape index (κ1) is 14.2. The van der Waals surface area contributed by atoms with E-state index in [-0.39, 0.29) is 19.6 Å². The van der Waals surface area contributed by atoms with E-state index in [1.807, 2.05) is 0 Å². The van der Waals surface area contributed by atoms with Gasteiger partial charge in [0.05, 0.1) is 25.8 Å². The van der Waals surface area contributed by atoms with Crippen LogP contribution in [0.15, 0.2) is 0 Å². The lowest BCUT2D eigenvalue weighted by Crippen LogP contribution is -2.43. The van der Waals surface area contributed by atoms with Gasteiger partial charge in [-0.1, -0.05) is 0 Å². The summed E-state index contributed by atoms with van der Waals surface area (Å²) in [5.41, 5.74) is -1.97. The van der Waals surface area contributed by atoms with Gasteiger partial charge in [0.2, 0.25) is 0 Å². The van der Waals surface area contributed by atoms with E-state index in [1.54, 1.807) is 20.8 Å². The number of rotatable bonds is 2. The molecule has 17 heavy (non-hydrogen) atoms. The Labute approximate surface area is 101 Å². The Morgan fingerprint density at radius 1 is 1.47 bits per heavy atom. The van der Waals surface area contributed by atoms with E-state index >= 15 is 0 Å². The van der Waals surface area contributed by atoms with Crippen LogP contribution in [0.5, 0.6) is 0 Å². The maximum absolute atomic E-state index is 11.8. The van der Waals surface area contributed by atoms with Crippen molar-refractivity contribution in [2.75, 3.05) is 19.8 Å². The van der Waals surface area contributed by atoms with E-state index in [4.69, 9.17) is 14.9 Å². The van der Waals surface area contributed by atoms with Crippen molar-refractivity contribution in [2.24, 2.45) is 0 Å². The van der Waals surface area contributed by atoms with Crippen molar-refractivity contribution in [2.45, 2.75) is 44.4 Å². The van der Waals surface area contributed by atoms with Crippen LogP contribution in [-0.4, -0.2) is 63.3 Å². The second-order valence-electron chi connectivity index (χ2n) is 5.53. The monoisotopic (exact) mass is 247 g/mol. The largest absolute Gasteiger partial charge is 0.444 e. The standard InChI is InChI=1S/C11H21NO5/c1-10(2,3)17-9(15)12-6-11(16,7-14)4-8(12)5-13/h8,13-14,16H,4-7H2,1-3H3/t8-,11?/m0/s1. The molecule has 0 aromatic carbocycles. The molecule has 1 aliphatic heterocycles. The first-order valence-electron chi connectivity index (χ1n) is 5.64. The van der Waals surface area contributed by atoms with Crippen LogP contribution >= 0.6 is 0 Å². The Morgan fingerprint density at radius 2 is 2.06 bits per heavy atom. The van der Waals surface area contributed by atoms with Gasteiger partial charge in [0.1, 0.15) is 11.2 Å². The average molecular weight is 247 g/mol. The number of hydrogen-bond donors (Lipinski definition) is 3. The van der Waals surface area contributed by atoms with Crippen LogP contribution in [0.2, 0.25) is 0 Å². The lowest BCUT2D eigenvalue weighted by molar-refractivity contribution is -0.0124. The minimum atomic E-state index is -1.34. The van der Waals surface area contributed by atoms with E-state index in [0.29, 0.717) is 0 Å². The molecule has 1 saturated heterocycles. The van der Waals surface area contributed by atoms with Gasteiger partial charge in [-0.25, -0.2) is 4.79 Å². The second-order valence-corrected chi connectivity index (χ2v) is 5.53. The molecule has 100 valence electrons. The summed E-state index contributed by atoms with van der Waals surface area (Å²) in [6, 6.07) is -0.512. The fourth-order valence-electron chi connectivity index (χ4n) is 1.87. The van der Waals surface area contributed by atoms with Crippen LogP contribution < -0.4 is 0 Å². The number of ether oxygens (including phenoxy) is 1. The van der Waals surface area contributed by atoms with Gasteiger partial charge < -0.3 is 20.1 Å². The van der Waals surface area contributed by atoms with Crippen LogP contribution in [0, 0.1) is 0 Å². The molecule has 0 bridgehead atoms. The SMILES string of the molecule is CC(C)(C)OC(=O)N1CC(O)(CO)C[C@H]1CO. The van der Waals surface area contributed by atoms with Crippen molar-refractivity contribution in [3.63, 3.8) is 0 Å². The molecular formula is C11H21NO5. The molecule has 0 spiro atoms. The lowest BCUT2D eigenvalue weighted by Gasteiger charge is -2.27. The highest BCUT2D eigenvalue weighted by molar-refractivity contribution is 5.69. The molecule has 1 fully saturated rings. The van der Waals surface area contributed by atoms with Gasteiger partial charge in [-0.3, -0.25) is 4.90 Å². The molecule has 6 heteroatoms. The fourth-order valence-corrected chi connectivity index (χ4v) is 1.87. The van der Waals surface area contributed by atoms with E-state index < -0.39 is 29.9 Å². The number of hydrogen-bond acceptors (Lipinski definition) is 5. The lowest BCUT2D eigenvalue weighted by atomic mass is 10.0. The molecule has 1 heterocycles. The van der Waals surface area contributed by atoms with Gasteiger partial charge in [-0.2, -0.15) is 0 Å². The highest BCUT2D eigenvalue weighted by Crippen LogP contribution is 2.28. The van der Waals surface area contributed by atoms with Gasteiger partial charge in [0, 0.05) is 6.42 Å². The molecule has 1 amide bonds. The summed E-state index contributed by atoms with van der Waals surface area (Å²) < 4.78 is 5.17. The minimum Gasteiger partial charge on any atom is -0.444 e. The fraction of sp³-hybridized carbons (Fsp3) is 0.909. The predicted octanol–water partition coefficient (Wildman–Crippen LogP) is -0.289. The second kappa shape index (κ2) is 4.80. The van der Waals surface area contributed by atoms with E-state index in [0.717, 1.165) is 0 Å². The number of carbonyl (C=O) groups is 1. The maximum atomic E-state index is 11.8. The van der Waals surface area contributed by atoms with E-state index in [1.165, 1.54) is 4.90 Å². The molecule has 6 nitrogen and oxygen atoms in total. The summed E-state index contributed by atoms with van der Waals surface area (Å²) in [7, 11) is 0. The van der Waals surface area contributed by atoms with Crippen LogP contribution in [0.25, 0.3) is 0 Å². The molecule has 0 aliphatic carbocycles.